The smallest absolute Gasteiger partial charge is 0.226 e. The summed E-state index contributed by atoms with van der Waals surface area (Å²) in [5.41, 5.74) is 2.71. The first-order valence-electron chi connectivity index (χ1n) is 7.56. The Morgan fingerprint density at radius 2 is 1.87 bits per heavy atom. The minimum absolute atomic E-state index is 0.0706. The number of carbonyl (C=O) groups is 2. The molecule has 0 saturated heterocycles. The second-order valence-electron chi connectivity index (χ2n) is 5.43. The Morgan fingerprint density at radius 1 is 1.13 bits per heavy atom. The molecule has 1 heterocycles. The normalized spacial score (nSPS) is 10.2. The van der Waals surface area contributed by atoms with Crippen molar-refractivity contribution in [2.75, 3.05) is 11.9 Å². The Morgan fingerprint density at radius 3 is 2.48 bits per heavy atom. The van der Waals surface area contributed by atoms with E-state index in [9.17, 15) is 9.59 Å². The highest BCUT2D eigenvalue weighted by molar-refractivity contribution is 5.91. The van der Waals surface area contributed by atoms with E-state index in [1.165, 1.54) is 6.92 Å². The first-order valence-corrected chi connectivity index (χ1v) is 7.56. The number of anilines is 1. The Hall–Kier alpha value is -2.69. The number of aryl methyl sites for hydroxylation is 1. The van der Waals surface area contributed by atoms with Gasteiger partial charge in [0.05, 0.1) is 12.2 Å². The lowest BCUT2D eigenvalue weighted by molar-refractivity contribution is -0.130. The molecule has 1 aromatic carbocycles. The van der Waals surface area contributed by atoms with Crippen LogP contribution < -0.4 is 5.32 Å². The summed E-state index contributed by atoms with van der Waals surface area (Å²) < 4.78 is 0. The summed E-state index contributed by atoms with van der Waals surface area (Å²) in [6.45, 7) is 4.27. The highest BCUT2D eigenvalue weighted by atomic mass is 16.2. The third kappa shape index (κ3) is 5.54. The summed E-state index contributed by atoms with van der Waals surface area (Å²) in [6, 6.07) is 13.2. The van der Waals surface area contributed by atoms with Crippen molar-refractivity contribution in [2.24, 2.45) is 0 Å². The Labute approximate surface area is 136 Å². The lowest BCUT2D eigenvalue weighted by atomic mass is 10.2. The highest BCUT2D eigenvalue weighted by Gasteiger charge is 2.12. The van der Waals surface area contributed by atoms with Gasteiger partial charge in [0.25, 0.3) is 0 Å². The van der Waals surface area contributed by atoms with Gasteiger partial charge in [-0.25, -0.2) is 0 Å². The van der Waals surface area contributed by atoms with E-state index in [2.05, 4.69) is 10.3 Å². The standard InChI is InChI=1S/C18H21N3O2/c1-14-6-8-16(9-7-14)20-18(23)10-12-21(15(2)22)13-17-5-3-4-11-19-17/h3-9,11H,10,12-13H2,1-2H3,(H,20,23). The molecule has 5 nitrogen and oxygen atoms in total. The second kappa shape index (κ2) is 8.08. The Kier molecular flexibility index (Phi) is 5.86. The number of carbonyl (C=O) groups excluding carboxylic acids is 2. The Bertz CT molecular complexity index is 654. The van der Waals surface area contributed by atoms with Gasteiger partial charge < -0.3 is 10.2 Å². The van der Waals surface area contributed by atoms with Crippen LogP contribution >= 0.6 is 0 Å². The zero-order chi connectivity index (χ0) is 16.7. The number of hydrogen-bond donors (Lipinski definition) is 1. The van der Waals surface area contributed by atoms with Crippen LogP contribution in [0.2, 0.25) is 0 Å². The quantitative estimate of drug-likeness (QED) is 0.892. The molecule has 23 heavy (non-hydrogen) atoms. The van der Waals surface area contributed by atoms with Crippen LogP contribution in [0.1, 0.15) is 24.6 Å². The van der Waals surface area contributed by atoms with Gasteiger partial charge in [0, 0.05) is 31.8 Å². The molecule has 0 atom stereocenters. The number of nitrogens with one attached hydrogen (secondary N) is 1. The van der Waals surface area contributed by atoms with Crippen molar-refractivity contribution >= 4 is 17.5 Å². The number of aromatic nitrogens is 1. The van der Waals surface area contributed by atoms with E-state index in [0.717, 1.165) is 16.9 Å². The third-order valence-corrected chi connectivity index (χ3v) is 3.47. The monoisotopic (exact) mass is 311 g/mol. The summed E-state index contributed by atoms with van der Waals surface area (Å²) in [6.07, 6.45) is 1.94. The zero-order valence-electron chi connectivity index (χ0n) is 13.5. The van der Waals surface area contributed by atoms with Gasteiger partial charge >= 0.3 is 0 Å². The predicted molar refractivity (Wildman–Crippen MR) is 89.8 cm³/mol. The lowest BCUT2D eigenvalue weighted by Crippen LogP contribution is -2.31. The molecule has 2 amide bonds. The molecule has 120 valence electrons. The fourth-order valence-corrected chi connectivity index (χ4v) is 2.13. The first-order chi connectivity index (χ1) is 11.0. The molecule has 1 N–H and O–H groups in total. The molecule has 2 aromatic rings. The predicted octanol–water partition coefficient (Wildman–Crippen LogP) is 2.77. The van der Waals surface area contributed by atoms with Crippen LogP contribution in [0.4, 0.5) is 5.69 Å². The van der Waals surface area contributed by atoms with Gasteiger partial charge in [0.2, 0.25) is 11.8 Å². The summed E-state index contributed by atoms with van der Waals surface area (Å²) in [5, 5.41) is 2.83. The van der Waals surface area contributed by atoms with Crippen LogP contribution in [-0.2, 0) is 16.1 Å². The molecule has 0 fully saturated rings. The topological polar surface area (TPSA) is 62.3 Å². The fourth-order valence-electron chi connectivity index (χ4n) is 2.13. The van der Waals surface area contributed by atoms with Crippen LogP contribution in [0.5, 0.6) is 0 Å². The van der Waals surface area contributed by atoms with E-state index >= 15 is 0 Å². The maximum atomic E-state index is 12.0. The summed E-state index contributed by atoms with van der Waals surface area (Å²) in [5.74, 6) is -0.181. The van der Waals surface area contributed by atoms with Crippen molar-refractivity contribution in [3.05, 3.63) is 59.9 Å². The van der Waals surface area contributed by atoms with Crippen molar-refractivity contribution in [3.63, 3.8) is 0 Å². The highest BCUT2D eigenvalue weighted by Crippen LogP contribution is 2.09. The molecule has 0 radical (unpaired) electrons. The van der Waals surface area contributed by atoms with Gasteiger partial charge in [0.1, 0.15) is 0 Å². The molecular formula is C18H21N3O2. The second-order valence-corrected chi connectivity index (χ2v) is 5.43. The van der Waals surface area contributed by atoms with Crippen LogP contribution in [0.25, 0.3) is 0 Å². The molecule has 0 aliphatic carbocycles. The molecule has 0 aliphatic rings. The van der Waals surface area contributed by atoms with Crippen LogP contribution in [0, 0.1) is 6.92 Å². The van der Waals surface area contributed by atoms with Crippen molar-refractivity contribution in [3.8, 4) is 0 Å². The largest absolute Gasteiger partial charge is 0.337 e. The average molecular weight is 311 g/mol. The van der Waals surface area contributed by atoms with Crippen LogP contribution in [-0.4, -0.2) is 28.2 Å². The summed E-state index contributed by atoms with van der Waals surface area (Å²) in [4.78, 5) is 29.6. The maximum absolute atomic E-state index is 12.0. The van der Waals surface area contributed by atoms with Crippen molar-refractivity contribution in [1.82, 2.24) is 9.88 Å². The number of amides is 2. The molecule has 0 aliphatic heterocycles. The minimum atomic E-state index is -0.110. The van der Waals surface area contributed by atoms with Gasteiger partial charge in [-0.15, -0.1) is 0 Å². The fraction of sp³-hybridized carbons (Fsp3) is 0.278. The lowest BCUT2D eigenvalue weighted by Gasteiger charge is -2.20. The molecule has 2 rings (SSSR count). The number of pyridine rings is 1. The summed E-state index contributed by atoms with van der Waals surface area (Å²) in [7, 11) is 0. The van der Waals surface area contributed by atoms with E-state index < -0.39 is 0 Å². The number of rotatable bonds is 6. The van der Waals surface area contributed by atoms with Crippen molar-refractivity contribution in [1.29, 1.82) is 0 Å². The first kappa shape index (κ1) is 16.7. The van der Waals surface area contributed by atoms with E-state index in [0.29, 0.717) is 13.1 Å². The number of hydrogen-bond acceptors (Lipinski definition) is 3. The van der Waals surface area contributed by atoms with E-state index in [1.54, 1.807) is 11.1 Å². The minimum Gasteiger partial charge on any atom is -0.337 e. The van der Waals surface area contributed by atoms with Gasteiger partial charge in [-0.1, -0.05) is 23.8 Å². The van der Waals surface area contributed by atoms with Gasteiger partial charge in [-0.3, -0.25) is 14.6 Å². The van der Waals surface area contributed by atoms with Gasteiger partial charge in [0.15, 0.2) is 0 Å². The summed E-state index contributed by atoms with van der Waals surface area (Å²) >= 11 is 0. The number of nitrogens with zero attached hydrogens (tertiary/aromatic N) is 2. The number of benzene rings is 1. The van der Waals surface area contributed by atoms with E-state index in [1.807, 2.05) is 49.4 Å². The SMILES string of the molecule is CC(=O)N(CCC(=O)Nc1ccc(C)cc1)Cc1ccccn1. The molecular weight excluding hydrogens is 290 g/mol. The molecule has 0 spiro atoms. The van der Waals surface area contributed by atoms with E-state index in [4.69, 9.17) is 0 Å². The van der Waals surface area contributed by atoms with E-state index in [-0.39, 0.29) is 18.2 Å². The molecule has 5 heteroatoms. The molecule has 0 saturated carbocycles. The third-order valence-electron chi connectivity index (χ3n) is 3.47. The van der Waals surface area contributed by atoms with Gasteiger partial charge in [-0.05, 0) is 31.2 Å². The van der Waals surface area contributed by atoms with Crippen molar-refractivity contribution < 1.29 is 9.59 Å². The average Bonchev–Trinajstić information content (AvgIpc) is 2.54. The van der Waals surface area contributed by atoms with Crippen molar-refractivity contribution in [2.45, 2.75) is 26.8 Å². The molecule has 0 unspecified atom stereocenters. The maximum Gasteiger partial charge on any atom is 0.226 e. The Balaban J connectivity index is 1.87. The molecule has 1 aromatic heterocycles. The zero-order valence-corrected chi connectivity index (χ0v) is 13.5. The van der Waals surface area contributed by atoms with Gasteiger partial charge in [-0.2, -0.15) is 0 Å². The molecule has 0 bridgehead atoms. The van der Waals surface area contributed by atoms with Crippen LogP contribution in [0.15, 0.2) is 48.7 Å². The van der Waals surface area contributed by atoms with Crippen LogP contribution in [0.3, 0.4) is 0 Å².